The second-order valence-corrected chi connectivity index (χ2v) is 6.45. The summed E-state index contributed by atoms with van der Waals surface area (Å²) in [5, 5.41) is 3.92. The van der Waals surface area contributed by atoms with Crippen LogP contribution in [0.4, 0.5) is 0 Å². The van der Waals surface area contributed by atoms with Crippen molar-refractivity contribution in [3.8, 4) is 0 Å². The first kappa shape index (κ1) is 15.6. The normalized spacial score (nSPS) is 37.9. The highest BCUT2D eigenvalue weighted by Gasteiger charge is 2.47. The Kier molecular flexibility index (Phi) is 4.90. The first-order chi connectivity index (χ1) is 10.7. The third kappa shape index (κ3) is 2.95. The number of ether oxygens (including phenoxy) is 3. The van der Waals surface area contributed by atoms with E-state index in [1.807, 2.05) is 36.6 Å². The molecule has 0 spiro atoms. The molecule has 0 aromatic heterocycles. The van der Waals surface area contributed by atoms with Crippen molar-refractivity contribution < 1.29 is 14.2 Å². The molecule has 6 nitrogen and oxygen atoms in total. The van der Waals surface area contributed by atoms with Crippen LogP contribution >= 0.6 is 11.8 Å². The fraction of sp³-hybridized carbons (Fsp3) is 0.600. The van der Waals surface area contributed by atoms with Gasteiger partial charge < -0.3 is 14.2 Å². The molecule has 0 bridgehead atoms. The van der Waals surface area contributed by atoms with Crippen LogP contribution in [0.1, 0.15) is 18.8 Å². The summed E-state index contributed by atoms with van der Waals surface area (Å²) in [6.45, 7) is 2.53. The molecular weight excluding hydrogens is 302 g/mol. The highest BCUT2D eigenvalue weighted by molar-refractivity contribution is 7.99. The van der Waals surface area contributed by atoms with Crippen LogP contribution in [0.5, 0.6) is 0 Å². The van der Waals surface area contributed by atoms with Gasteiger partial charge >= 0.3 is 0 Å². The SMILES string of the molecule is CSC1OC2COC(c3ccccc3)O[C@@H]2[C@H](C)[C@@H]1N=[N+]=[N-]. The highest BCUT2D eigenvalue weighted by atomic mass is 32.2. The van der Waals surface area contributed by atoms with Gasteiger partial charge in [-0.05, 0) is 17.7 Å². The van der Waals surface area contributed by atoms with Gasteiger partial charge in [0.25, 0.3) is 0 Å². The third-order valence-electron chi connectivity index (χ3n) is 4.19. The van der Waals surface area contributed by atoms with Crippen molar-refractivity contribution >= 4 is 11.8 Å². The van der Waals surface area contributed by atoms with Crippen LogP contribution in [-0.2, 0) is 14.2 Å². The molecule has 2 saturated heterocycles. The molecule has 0 radical (unpaired) electrons. The zero-order valence-corrected chi connectivity index (χ0v) is 13.3. The number of hydrogen-bond donors (Lipinski definition) is 0. The average Bonchev–Trinajstić information content (AvgIpc) is 2.58. The van der Waals surface area contributed by atoms with Gasteiger partial charge in [0, 0.05) is 10.5 Å². The number of fused-ring (bicyclic) bond motifs is 1. The van der Waals surface area contributed by atoms with Crippen LogP contribution in [0.3, 0.4) is 0 Å². The summed E-state index contributed by atoms with van der Waals surface area (Å²) >= 11 is 1.55. The van der Waals surface area contributed by atoms with Gasteiger partial charge in [-0.1, -0.05) is 42.4 Å². The van der Waals surface area contributed by atoms with Crippen molar-refractivity contribution in [3.63, 3.8) is 0 Å². The maximum absolute atomic E-state index is 8.80. The number of nitrogens with zero attached hydrogens (tertiary/aromatic N) is 3. The van der Waals surface area contributed by atoms with Crippen LogP contribution in [-0.4, -0.2) is 36.5 Å². The van der Waals surface area contributed by atoms with Crippen LogP contribution < -0.4 is 0 Å². The fourth-order valence-electron chi connectivity index (χ4n) is 3.02. The Morgan fingerprint density at radius 3 is 2.73 bits per heavy atom. The van der Waals surface area contributed by atoms with Gasteiger partial charge in [-0.15, -0.1) is 11.8 Å². The van der Waals surface area contributed by atoms with Crippen molar-refractivity contribution in [2.45, 2.75) is 36.9 Å². The lowest BCUT2D eigenvalue weighted by atomic mass is 9.89. The van der Waals surface area contributed by atoms with E-state index in [1.165, 1.54) is 0 Å². The van der Waals surface area contributed by atoms with Crippen molar-refractivity contribution in [2.75, 3.05) is 12.9 Å². The van der Waals surface area contributed by atoms with Crippen molar-refractivity contribution in [2.24, 2.45) is 11.0 Å². The Morgan fingerprint density at radius 2 is 2.05 bits per heavy atom. The lowest BCUT2D eigenvalue weighted by molar-refractivity contribution is -0.295. The Balaban J connectivity index is 1.79. The first-order valence-corrected chi connectivity index (χ1v) is 8.58. The van der Waals surface area contributed by atoms with E-state index < -0.39 is 6.29 Å². The lowest BCUT2D eigenvalue weighted by Gasteiger charge is -2.47. The van der Waals surface area contributed by atoms with E-state index in [4.69, 9.17) is 19.7 Å². The Hall–Kier alpha value is -1.24. The van der Waals surface area contributed by atoms with Crippen molar-refractivity contribution in [1.82, 2.24) is 0 Å². The molecule has 1 aromatic carbocycles. The molecule has 0 amide bonds. The minimum atomic E-state index is -0.397. The van der Waals surface area contributed by atoms with Gasteiger partial charge in [0.1, 0.15) is 11.5 Å². The molecule has 22 heavy (non-hydrogen) atoms. The number of thioether (sulfide) groups is 1. The molecule has 3 unspecified atom stereocenters. The van der Waals surface area contributed by atoms with Crippen LogP contribution in [0.15, 0.2) is 35.4 Å². The van der Waals surface area contributed by atoms with E-state index >= 15 is 0 Å². The summed E-state index contributed by atoms with van der Waals surface area (Å²) in [7, 11) is 0. The number of rotatable bonds is 3. The summed E-state index contributed by atoms with van der Waals surface area (Å²) in [4.78, 5) is 2.97. The fourth-order valence-corrected chi connectivity index (χ4v) is 3.86. The molecule has 2 heterocycles. The van der Waals surface area contributed by atoms with Gasteiger partial charge in [-0.25, -0.2) is 0 Å². The smallest absolute Gasteiger partial charge is 0.184 e. The second-order valence-electron chi connectivity index (χ2n) is 5.51. The minimum Gasteiger partial charge on any atom is -0.359 e. The Morgan fingerprint density at radius 1 is 1.27 bits per heavy atom. The van der Waals surface area contributed by atoms with Crippen LogP contribution in [0.25, 0.3) is 10.4 Å². The second kappa shape index (κ2) is 6.89. The molecule has 6 atom stereocenters. The van der Waals surface area contributed by atoms with Crippen molar-refractivity contribution in [3.05, 3.63) is 46.3 Å². The molecule has 3 rings (SSSR count). The maximum Gasteiger partial charge on any atom is 0.184 e. The molecule has 0 saturated carbocycles. The van der Waals surface area contributed by atoms with Gasteiger partial charge in [0.15, 0.2) is 6.29 Å². The predicted octanol–water partition coefficient (Wildman–Crippen LogP) is 3.50. The summed E-state index contributed by atoms with van der Waals surface area (Å²) in [5.74, 6) is 0.0715. The van der Waals surface area contributed by atoms with E-state index in [-0.39, 0.29) is 29.6 Å². The van der Waals surface area contributed by atoms with Gasteiger partial charge in [0.05, 0.1) is 18.8 Å². The van der Waals surface area contributed by atoms with E-state index in [2.05, 4.69) is 16.9 Å². The van der Waals surface area contributed by atoms with E-state index in [9.17, 15) is 0 Å². The topological polar surface area (TPSA) is 76.5 Å². The molecule has 2 fully saturated rings. The van der Waals surface area contributed by atoms with E-state index in [1.54, 1.807) is 11.8 Å². The van der Waals surface area contributed by atoms with Crippen LogP contribution in [0, 0.1) is 5.92 Å². The monoisotopic (exact) mass is 321 g/mol. The highest BCUT2D eigenvalue weighted by Crippen LogP contribution is 2.40. The van der Waals surface area contributed by atoms with Crippen molar-refractivity contribution in [1.29, 1.82) is 0 Å². The largest absolute Gasteiger partial charge is 0.359 e. The average molecular weight is 321 g/mol. The zero-order valence-electron chi connectivity index (χ0n) is 12.5. The molecular formula is C15H19N3O3S. The molecule has 1 aromatic rings. The minimum absolute atomic E-state index is 0.0715. The number of azide groups is 1. The standard InChI is InChI=1S/C15H19N3O3S/c1-9-12(17-18-16)15(22-2)20-11-8-19-14(21-13(9)11)10-6-4-3-5-7-10/h3-7,9,11-15H,8H2,1-2H3/t9-,11?,12+,13-,14?,15?/m1/s1. The Bertz CT molecular complexity index is 552. The molecule has 2 aliphatic rings. The summed E-state index contributed by atoms with van der Waals surface area (Å²) in [5.41, 5.74) is 9.63. The van der Waals surface area contributed by atoms with Crippen LogP contribution in [0.2, 0.25) is 0 Å². The number of hydrogen-bond acceptors (Lipinski definition) is 5. The summed E-state index contributed by atoms with van der Waals surface area (Å²) in [6, 6.07) is 9.60. The van der Waals surface area contributed by atoms with Gasteiger partial charge in [0.2, 0.25) is 0 Å². The number of benzene rings is 1. The summed E-state index contributed by atoms with van der Waals surface area (Å²) < 4.78 is 17.9. The molecule has 2 aliphatic heterocycles. The van der Waals surface area contributed by atoms with Gasteiger partial charge in [-0.2, -0.15) is 0 Å². The maximum atomic E-state index is 8.80. The quantitative estimate of drug-likeness (QED) is 0.485. The third-order valence-corrected chi connectivity index (χ3v) is 5.05. The lowest BCUT2D eigenvalue weighted by Crippen LogP contribution is -2.56. The van der Waals surface area contributed by atoms with Gasteiger partial charge in [-0.3, -0.25) is 0 Å². The van der Waals surface area contributed by atoms with E-state index in [0.29, 0.717) is 6.61 Å². The Labute approximate surface area is 133 Å². The molecule has 7 heteroatoms. The first-order valence-electron chi connectivity index (χ1n) is 7.29. The molecule has 0 N–H and O–H groups in total. The predicted molar refractivity (Wildman–Crippen MR) is 84.3 cm³/mol. The van der Waals surface area contributed by atoms with E-state index in [0.717, 1.165) is 5.56 Å². The molecule has 118 valence electrons. The zero-order chi connectivity index (χ0) is 15.5. The summed E-state index contributed by atoms with van der Waals surface area (Å²) in [6.07, 6.45) is 1.29. The molecule has 0 aliphatic carbocycles.